The highest BCUT2D eigenvalue weighted by Crippen LogP contribution is 2.59. The van der Waals surface area contributed by atoms with Crippen molar-refractivity contribution < 1.29 is 0 Å². The van der Waals surface area contributed by atoms with E-state index in [2.05, 4.69) is 48.0 Å². The smallest absolute Gasteiger partial charge is 0.0483 e. The van der Waals surface area contributed by atoms with Gasteiger partial charge in [0.05, 0.1) is 0 Å². The standard InChI is InChI=1S/C20H23N/c1-21-17-8-4-3-7-16(17)18-19(21)14-9-10-15(13-14)20(18)11-5-2-6-12-20/h3-4,7-10,14-15H,2,5-6,11-13H2,1H3/t14-,15-/m1/s1. The summed E-state index contributed by atoms with van der Waals surface area (Å²) in [6.07, 6.45) is 13.5. The van der Waals surface area contributed by atoms with E-state index in [0.29, 0.717) is 11.3 Å². The van der Waals surface area contributed by atoms with Crippen LogP contribution >= 0.6 is 0 Å². The lowest BCUT2D eigenvalue weighted by atomic mass is 9.58. The SMILES string of the molecule is Cn1c2c(c3ccccc31)C1(CCCCC1)[C@@H]1C=C[C@@H]2C1. The number of hydrogen-bond acceptors (Lipinski definition) is 0. The van der Waals surface area contributed by atoms with Crippen molar-refractivity contribution in [1.82, 2.24) is 4.57 Å². The van der Waals surface area contributed by atoms with Crippen LogP contribution in [0.4, 0.5) is 0 Å². The van der Waals surface area contributed by atoms with E-state index in [1.807, 2.05) is 0 Å². The summed E-state index contributed by atoms with van der Waals surface area (Å²) in [5.41, 5.74) is 5.24. The average molecular weight is 277 g/mol. The van der Waals surface area contributed by atoms with Crippen LogP contribution in [0.3, 0.4) is 0 Å². The summed E-state index contributed by atoms with van der Waals surface area (Å²) in [4.78, 5) is 0. The summed E-state index contributed by atoms with van der Waals surface area (Å²) in [5, 5.41) is 1.54. The number of aryl methyl sites for hydroxylation is 1. The van der Waals surface area contributed by atoms with Crippen LogP contribution in [0.25, 0.3) is 10.9 Å². The zero-order valence-electron chi connectivity index (χ0n) is 12.8. The van der Waals surface area contributed by atoms with Crippen molar-refractivity contribution >= 4 is 10.9 Å². The number of fused-ring (bicyclic) bond motifs is 8. The average Bonchev–Trinajstić information content (AvgIpc) is 3.09. The predicted molar refractivity (Wildman–Crippen MR) is 87.7 cm³/mol. The molecule has 2 atom stereocenters. The quantitative estimate of drug-likeness (QED) is 0.594. The number of allylic oxidation sites excluding steroid dienone is 2. The van der Waals surface area contributed by atoms with Gasteiger partial charge in [-0.3, -0.25) is 0 Å². The highest BCUT2D eigenvalue weighted by molar-refractivity contribution is 5.88. The van der Waals surface area contributed by atoms with Gasteiger partial charge >= 0.3 is 0 Å². The Morgan fingerprint density at radius 1 is 1.05 bits per heavy atom. The van der Waals surface area contributed by atoms with E-state index < -0.39 is 0 Å². The molecule has 0 amide bonds. The van der Waals surface area contributed by atoms with Gasteiger partial charge in [-0.25, -0.2) is 0 Å². The Bertz CT molecular complexity index is 743. The Hall–Kier alpha value is -1.50. The topological polar surface area (TPSA) is 4.93 Å². The molecule has 1 heteroatoms. The van der Waals surface area contributed by atoms with Gasteiger partial charge in [-0.15, -0.1) is 0 Å². The number of rotatable bonds is 0. The Labute approximate surface area is 126 Å². The first kappa shape index (κ1) is 12.1. The van der Waals surface area contributed by atoms with Gasteiger partial charge in [0.25, 0.3) is 0 Å². The maximum atomic E-state index is 2.56. The summed E-state index contributed by atoms with van der Waals surface area (Å²) >= 11 is 0. The molecular formula is C20H23N. The van der Waals surface area contributed by atoms with Crippen LogP contribution in [0.2, 0.25) is 0 Å². The molecule has 0 radical (unpaired) electrons. The Balaban J connectivity index is 1.89. The van der Waals surface area contributed by atoms with E-state index in [9.17, 15) is 0 Å². The van der Waals surface area contributed by atoms with Crippen molar-refractivity contribution in [3.63, 3.8) is 0 Å². The fourth-order valence-electron chi connectivity index (χ4n) is 5.67. The second-order valence-corrected chi connectivity index (χ2v) is 7.39. The van der Waals surface area contributed by atoms with E-state index in [1.54, 1.807) is 11.3 Å². The van der Waals surface area contributed by atoms with E-state index in [4.69, 9.17) is 0 Å². The van der Waals surface area contributed by atoms with Crippen LogP contribution in [0.15, 0.2) is 36.4 Å². The van der Waals surface area contributed by atoms with Gasteiger partial charge < -0.3 is 4.57 Å². The highest BCUT2D eigenvalue weighted by Gasteiger charge is 2.50. The van der Waals surface area contributed by atoms with Gasteiger partial charge in [0, 0.05) is 35.0 Å². The van der Waals surface area contributed by atoms with Crippen molar-refractivity contribution in [2.45, 2.75) is 49.9 Å². The van der Waals surface area contributed by atoms with Crippen LogP contribution in [0, 0.1) is 5.92 Å². The molecule has 2 aromatic rings. The summed E-state index contributed by atoms with van der Waals surface area (Å²) in [7, 11) is 2.28. The van der Waals surface area contributed by atoms with Gasteiger partial charge in [-0.1, -0.05) is 49.6 Å². The zero-order valence-corrected chi connectivity index (χ0v) is 12.8. The van der Waals surface area contributed by atoms with Crippen molar-refractivity contribution in [2.75, 3.05) is 0 Å². The largest absolute Gasteiger partial charge is 0.347 e. The van der Waals surface area contributed by atoms with Crippen LogP contribution in [-0.4, -0.2) is 4.57 Å². The summed E-state index contributed by atoms with van der Waals surface area (Å²) in [6.45, 7) is 0. The number of aromatic nitrogens is 1. The second kappa shape index (κ2) is 4.03. The lowest BCUT2D eigenvalue weighted by molar-refractivity contribution is 0.204. The predicted octanol–water partition coefficient (Wildman–Crippen LogP) is 5.05. The molecule has 21 heavy (non-hydrogen) atoms. The van der Waals surface area contributed by atoms with E-state index in [-0.39, 0.29) is 0 Å². The fourth-order valence-corrected chi connectivity index (χ4v) is 5.67. The maximum Gasteiger partial charge on any atom is 0.0483 e. The monoisotopic (exact) mass is 277 g/mol. The summed E-state index contributed by atoms with van der Waals surface area (Å²) in [5.74, 6) is 1.45. The third-order valence-corrected chi connectivity index (χ3v) is 6.54. The zero-order chi connectivity index (χ0) is 14.0. The molecule has 1 aromatic carbocycles. The molecule has 1 aromatic heterocycles. The lowest BCUT2D eigenvalue weighted by Crippen LogP contribution is -2.39. The van der Waals surface area contributed by atoms with Crippen molar-refractivity contribution in [2.24, 2.45) is 13.0 Å². The molecule has 3 aliphatic carbocycles. The Kier molecular flexibility index (Phi) is 2.32. The summed E-state index contributed by atoms with van der Waals surface area (Å²) in [6, 6.07) is 9.09. The molecule has 1 saturated carbocycles. The fraction of sp³-hybridized carbons (Fsp3) is 0.500. The maximum absolute atomic E-state index is 2.56. The third-order valence-electron chi connectivity index (χ3n) is 6.54. The number of benzene rings is 1. The molecule has 1 nitrogen and oxygen atoms in total. The molecule has 1 spiro atoms. The normalized spacial score (nSPS) is 29.2. The van der Waals surface area contributed by atoms with Gasteiger partial charge in [0.2, 0.25) is 0 Å². The van der Waals surface area contributed by atoms with Crippen LogP contribution in [-0.2, 0) is 12.5 Å². The molecule has 0 N–H and O–H groups in total. The minimum absolute atomic E-state index is 0.442. The first-order valence-electron chi connectivity index (χ1n) is 8.57. The first-order chi connectivity index (χ1) is 10.3. The van der Waals surface area contributed by atoms with Crippen LogP contribution in [0.5, 0.6) is 0 Å². The minimum Gasteiger partial charge on any atom is -0.347 e. The van der Waals surface area contributed by atoms with Crippen molar-refractivity contribution in [3.8, 4) is 0 Å². The molecule has 0 unspecified atom stereocenters. The van der Waals surface area contributed by atoms with E-state index in [1.165, 1.54) is 49.4 Å². The molecule has 1 fully saturated rings. The summed E-state index contributed by atoms with van der Waals surface area (Å²) < 4.78 is 2.50. The molecule has 1 heterocycles. The first-order valence-corrected chi connectivity index (χ1v) is 8.57. The van der Waals surface area contributed by atoms with Crippen molar-refractivity contribution in [3.05, 3.63) is 47.7 Å². The van der Waals surface area contributed by atoms with Crippen LogP contribution < -0.4 is 0 Å². The highest BCUT2D eigenvalue weighted by atomic mass is 15.0. The molecular weight excluding hydrogens is 254 g/mol. The number of hydrogen-bond donors (Lipinski definition) is 0. The number of nitrogens with zero attached hydrogens (tertiary/aromatic N) is 1. The third kappa shape index (κ3) is 1.38. The number of para-hydroxylation sites is 1. The molecule has 0 aliphatic heterocycles. The van der Waals surface area contributed by atoms with E-state index in [0.717, 1.165) is 5.92 Å². The second-order valence-electron chi connectivity index (χ2n) is 7.39. The van der Waals surface area contributed by atoms with E-state index >= 15 is 0 Å². The Morgan fingerprint density at radius 3 is 2.71 bits per heavy atom. The van der Waals surface area contributed by atoms with Gasteiger partial charge in [0.15, 0.2) is 0 Å². The minimum atomic E-state index is 0.442. The molecule has 2 bridgehead atoms. The van der Waals surface area contributed by atoms with Crippen molar-refractivity contribution in [1.29, 1.82) is 0 Å². The van der Waals surface area contributed by atoms with Crippen LogP contribution in [0.1, 0.15) is 55.7 Å². The lowest BCUT2D eigenvalue weighted by Gasteiger charge is -2.46. The van der Waals surface area contributed by atoms with Gasteiger partial charge in [0.1, 0.15) is 0 Å². The van der Waals surface area contributed by atoms with Gasteiger partial charge in [-0.2, -0.15) is 0 Å². The molecule has 108 valence electrons. The molecule has 3 aliphatic rings. The molecule has 0 saturated heterocycles. The van der Waals surface area contributed by atoms with Gasteiger partial charge in [-0.05, 0) is 36.8 Å². The molecule has 5 rings (SSSR count). The Morgan fingerprint density at radius 2 is 1.86 bits per heavy atom.